The third-order valence-corrected chi connectivity index (χ3v) is 7.76. The topological polar surface area (TPSA) is 93.4 Å². The molecule has 0 atom stereocenters. The smallest absolute Gasteiger partial charge is 0.266 e. The number of primary amides is 1. The van der Waals surface area contributed by atoms with Gasteiger partial charge in [-0.3, -0.25) is 4.79 Å². The van der Waals surface area contributed by atoms with Gasteiger partial charge in [0.2, 0.25) is 5.91 Å². The van der Waals surface area contributed by atoms with Crippen molar-refractivity contribution in [1.82, 2.24) is 4.98 Å². The molecule has 0 saturated heterocycles. The number of amides is 1. The summed E-state index contributed by atoms with van der Waals surface area (Å²) in [5, 5.41) is 2.73. The molecule has 1 amide bonds. The SMILES string of the molecule is NC(=O)c1ccc(S(=O)(=O)N(c2nccs2)C2(c3ccc(Cl)cc3)CC2)cc1. The van der Waals surface area contributed by atoms with Gasteiger partial charge in [0, 0.05) is 22.2 Å². The number of carbonyl (C=O) groups is 1. The van der Waals surface area contributed by atoms with Crippen LogP contribution in [0.3, 0.4) is 0 Å². The first-order chi connectivity index (χ1) is 13.3. The summed E-state index contributed by atoms with van der Waals surface area (Å²) in [5.41, 5.74) is 5.67. The van der Waals surface area contributed by atoms with E-state index in [0.717, 1.165) is 5.56 Å². The van der Waals surface area contributed by atoms with Crippen LogP contribution in [0.1, 0.15) is 28.8 Å². The summed E-state index contributed by atoms with van der Waals surface area (Å²) in [4.78, 5) is 15.7. The number of nitrogens with zero attached hydrogens (tertiary/aromatic N) is 2. The predicted octanol–water partition coefficient (Wildman–Crippen LogP) is 3.78. The summed E-state index contributed by atoms with van der Waals surface area (Å²) in [6.07, 6.45) is 2.93. The lowest BCUT2D eigenvalue weighted by molar-refractivity contribution is 0.1000. The summed E-state index contributed by atoms with van der Waals surface area (Å²) in [5.74, 6) is -0.611. The van der Waals surface area contributed by atoms with Gasteiger partial charge in [0.25, 0.3) is 10.0 Å². The van der Waals surface area contributed by atoms with Crippen LogP contribution in [0.4, 0.5) is 5.13 Å². The van der Waals surface area contributed by atoms with Gasteiger partial charge in [0.05, 0.1) is 10.4 Å². The number of rotatable bonds is 6. The van der Waals surface area contributed by atoms with Crippen LogP contribution in [-0.2, 0) is 15.6 Å². The molecule has 0 aliphatic heterocycles. The van der Waals surface area contributed by atoms with Crippen LogP contribution >= 0.6 is 22.9 Å². The lowest BCUT2D eigenvalue weighted by atomic mass is 10.1. The molecule has 4 rings (SSSR count). The number of hydrogen-bond donors (Lipinski definition) is 1. The summed E-state index contributed by atoms with van der Waals surface area (Å²) in [6, 6.07) is 12.8. The number of nitrogens with two attached hydrogens (primary N) is 1. The molecule has 0 bridgehead atoms. The van der Waals surface area contributed by atoms with Crippen molar-refractivity contribution in [3.63, 3.8) is 0 Å². The summed E-state index contributed by atoms with van der Waals surface area (Å²) in [7, 11) is -3.92. The highest BCUT2D eigenvalue weighted by molar-refractivity contribution is 7.93. The second-order valence-corrected chi connectivity index (χ2v) is 9.61. The Labute approximate surface area is 171 Å². The van der Waals surface area contributed by atoms with Crippen LogP contribution in [0, 0.1) is 0 Å². The Kier molecular flexibility index (Phi) is 4.65. The van der Waals surface area contributed by atoms with Gasteiger partial charge >= 0.3 is 0 Å². The largest absolute Gasteiger partial charge is 0.366 e. The fourth-order valence-corrected chi connectivity index (χ4v) is 6.09. The fraction of sp³-hybridized carbons (Fsp3) is 0.158. The third-order valence-electron chi connectivity index (χ3n) is 4.76. The van der Waals surface area contributed by atoms with Gasteiger partial charge in [0.15, 0.2) is 5.13 Å². The quantitative estimate of drug-likeness (QED) is 0.640. The van der Waals surface area contributed by atoms with E-state index in [-0.39, 0.29) is 10.5 Å². The van der Waals surface area contributed by atoms with E-state index >= 15 is 0 Å². The molecule has 9 heteroatoms. The minimum absolute atomic E-state index is 0.0768. The lowest BCUT2D eigenvalue weighted by Gasteiger charge is -2.31. The Hall–Kier alpha value is -2.42. The number of aromatic nitrogens is 1. The van der Waals surface area contributed by atoms with Crippen molar-refractivity contribution in [1.29, 1.82) is 0 Å². The molecule has 2 aromatic carbocycles. The van der Waals surface area contributed by atoms with Crippen molar-refractivity contribution >= 4 is 44.0 Å². The third kappa shape index (κ3) is 3.17. The maximum atomic E-state index is 13.6. The maximum absolute atomic E-state index is 13.6. The Morgan fingerprint density at radius 3 is 2.25 bits per heavy atom. The lowest BCUT2D eigenvalue weighted by Crippen LogP contribution is -2.40. The minimum atomic E-state index is -3.92. The summed E-state index contributed by atoms with van der Waals surface area (Å²) >= 11 is 7.27. The number of benzene rings is 2. The first kappa shape index (κ1) is 18.9. The average Bonchev–Trinajstić information content (AvgIpc) is 3.28. The summed E-state index contributed by atoms with van der Waals surface area (Å²) < 4.78 is 28.6. The molecular formula is C19H16ClN3O3S2. The molecule has 6 nitrogen and oxygen atoms in total. The first-order valence-corrected chi connectivity index (χ1v) is 11.2. The standard InChI is InChI=1S/C19H16ClN3O3S2/c20-15-5-3-14(4-6-15)19(9-10-19)23(18-22-11-12-27-18)28(25,26)16-7-1-13(2-8-16)17(21)24/h1-8,11-12H,9-10H2,(H2,21,24). The molecule has 0 spiro atoms. The number of halogens is 1. The van der Waals surface area contributed by atoms with Crippen LogP contribution in [0.15, 0.2) is 65.0 Å². The minimum Gasteiger partial charge on any atom is -0.366 e. The molecule has 1 saturated carbocycles. The molecule has 1 aliphatic rings. The van der Waals surface area contributed by atoms with Crippen molar-refractivity contribution in [2.24, 2.45) is 5.73 Å². The molecule has 0 radical (unpaired) electrons. The van der Waals surface area contributed by atoms with Crippen molar-refractivity contribution in [2.75, 3.05) is 4.31 Å². The Balaban J connectivity index is 1.83. The van der Waals surface area contributed by atoms with E-state index < -0.39 is 21.5 Å². The monoisotopic (exact) mass is 433 g/mol. The number of anilines is 1. The van der Waals surface area contributed by atoms with Crippen LogP contribution in [0.5, 0.6) is 0 Å². The second-order valence-electron chi connectivity index (χ2n) is 6.51. The second kappa shape index (κ2) is 6.88. The zero-order chi connectivity index (χ0) is 19.9. The van der Waals surface area contributed by atoms with Crippen LogP contribution < -0.4 is 10.0 Å². The molecule has 1 aliphatic carbocycles. The van der Waals surface area contributed by atoms with Gasteiger partial charge < -0.3 is 5.73 Å². The van der Waals surface area contributed by atoms with Crippen molar-refractivity contribution < 1.29 is 13.2 Å². The summed E-state index contributed by atoms with van der Waals surface area (Å²) in [6.45, 7) is 0. The van der Waals surface area contributed by atoms with Crippen molar-refractivity contribution in [2.45, 2.75) is 23.3 Å². The highest BCUT2D eigenvalue weighted by Gasteiger charge is 2.55. The van der Waals surface area contributed by atoms with Gasteiger partial charge in [-0.15, -0.1) is 11.3 Å². The Morgan fingerprint density at radius 2 is 1.75 bits per heavy atom. The zero-order valence-corrected chi connectivity index (χ0v) is 17.0. The first-order valence-electron chi connectivity index (χ1n) is 8.45. The van der Waals surface area contributed by atoms with E-state index in [9.17, 15) is 13.2 Å². The van der Waals surface area contributed by atoms with Gasteiger partial charge in [-0.25, -0.2) is 17.7 Å². The van der Waals surface area contributed by atoms with Crippen molar-refractivity contribution in [3.8, 4) is 0 Å². The number of carbonyl (C=O) groups excluding carboxylic acids is 1. The van der Waals surface area contributed by atoms with Gasteiger partial charge in [-0.1, -0.05) is 23.7 Å². The molecular weight excluding hydrogens is 418 g/mol. The van der Waals surface area contributed by atoms with Gasteiger partial charge in [0.1, 0.15) is 0 Å². The molecule has 3 aromatic rings. The zero-order valence-electron chi connectivity index (χ0n) is 14.6. The highest BCUT2D eigenvalue weighted by atomic mass is 35.5. The Bertz CT molecular complexity index is 1110. The van der Waals surface area contributed by atoms with E-state index in [1.165, 1.54) is 39.9 Å². The number of sulfonamides is 1. The van der Waals surface area contributed by atoms with E-state index in [0.29, 0.717) is 23.0 Å². The molecule has 2 N–H and O–H groups in total. The van der Waals surface area contributed by atoms with Gasteiger partial charge in [-0.2, -0.15) is 0 Å². The molecule has 0 unspecified atom stereocenters. The van der Waals surface area contributed by atoms with Crippen LogP contribution in [0.25, 0.3) is 0 Å². The van der Waals surface area contributed by atoms with Gasteiger partial charge in [-0.05, 0) is 54.8 Å². The molecule has 28 heavy (non-hydrogen) atoms. The predicted molar refractivity (Wildman–Crippen MR) is 109 cm³/mol. The molecule has 1 heterocycles. The number of hydrogen-bond acceptors (Lipinski definition) is 5. The normalized spacial score (nSPS) is 15.2. The average molecular weight is 434 g/mol. The van der Waals surface area contributed by atoms with Crippen LogP contribution in [-0.4, -0.2) is 19.3 Å². The molecule has 1 aromatic heterocycles. The molecule has 144 valence electrons. The fourth-order valence-electron chi connectivity index (χ4n) is 3.22. The highest BCUT2D eigenvalue weighted by Crippen LogP contribution is 2.55. The van der Waals surface area contributed by atoms with Crippen molar-refractivity contribution in [3.05, 3.63) is 76.3 Å². The van der Waals surface area contributed by atoms with E-state index in [2.05, 4.69) is 4.98 Å². The Morgan fingerprint density at radius 1 is 1.11 bits per heavy atom. The maximum Gasteiger partial charge on any atom is 0.266 e. The van der Waals surface area contributed by atoms with E-state index in [1.807, 2.05) is 12.1 Å². The van der Waals surface area contributed by atoms with E-state index in [4.69, 9.17) is 17.3 Å². The van der Waals surface area contributed by atoms with E-state index in [1.54, 1.807) is 23.7 Å². The number of thiazole rings is 1. The molecule has 1 fully saturated rings. The van der Waals surface area contributed by atoms with Crippen LogP contribution in [0.2, 0.25) is 5.02 Å².